The van der Waals surface area contributed by atoms with E-state index in [1.165, 1.54) is 7.11 Å². The Morgan fingerprint density at radius 2 is 1.86 bits per heavy atom. The number of hydrogen-bond acceptors (Lipinski definition) is 5. The first-order valence-corrected chi connectivity index (χ1v) is 10.4. The van der Waals surface area contributed by atoms with Crippen molar-refractivity contribution in [3.63, 3.8) is 0 Å². The number of aliphatic hydroxyl groups is 1. The van der Waals surface area contributed by atoms with E-state index >= 15 is 0 Å². The van der Waals surface area contributed by atoms with Gasteiger partial charge in [0.05, 0.1) is 37.9 Å². The summed E-state index contributed by atoms with van der Waals surface area (Å²) in [4.78, 5) is 28.3. The Balaban J connectivity index is 1.49. The minimum absolute atomic E-state index is 0.0298. The Labute approximate surface area is 178 Å². The standard InChI is InChI=1S/C22H23BrN2O4/c1-29-22(28)16-4-2-14(3-5-16)10-24-11-18-21(15-6-8-17(23)9-7-15)19(13-26)25(18)20(27)12-24/h2-9,18-19,21,26H,10-13H2,1H3/t18-,19-,21+/m1/s1. The van der Waals surface area contributed by atoms with Crippen LogP contribution >= 0.6 is 15.9 Å². The minimum atomic E-state index is -0.359. The van der Waals surface area contributed by atoms with Gasteiger partial charge in [-0.1, -0.05) is 40.2 Å². The molecule has 6 nitrogen and oxygen atoms in total. The number of hydrogen-bond donors (Lipinski definition) is 1. The van der Waals surface area contributed by atoms with Crippen LogP contribution in [0.4, 0.5) is 0 Å². The molecule has 0 bridgehead atoms. The minimum Gasteiger partial charge on any atom is -0.465 e. The van der Waals surface area contributed by atoms with Crippen molar-refractivity contribution in [2.45, 2.75) is 24.5 Å². The van der Waals surface area contributed by atoms with Gasteiger partial charge >= 0.3 is 5.97 Å². The third kappa shape index (κ3) is 3.82. The predicted octanol–water partition coefficient (Wildman–Crippen LogP) is 2.41. The quantitative estimate of drug-likeness (QED) is 0.696. The van der Waals surface area contributed by atoms with Gasteiger partial charge in [-0.05, 0) is 35.4 Å². The van der Waals surface area contributed by atoms with Gasteiger partial charge in [-0.3, -0.25) is 9.69 Å². The molecule has 2 aliphatic heterocycles. The fourth-order valence-electron chi connectivity index (χ4n) is 4.49. The molecule has 2 heterocycles. The summed E-state index contributed by atoms with van der Waals surface area (Å²) in [6.07, 6.45) is 0. The summed E-state index contributed by atoms with van der Waals surface area (Å²) < 4.78 is 5.74. The first-order chi connectivity index (χ1) is 14.0. The van der Waals surface area contributed by atoms with Crippen LogP contribution in [0.3, 0.4) is 0 Å². The molecule has 1 N–H and O–H groups in total. The number of piperazine rings is 1. The second kappa shape index (κ2) is 8.26. The van der Waals surface area contributed by atoms with E-state index in [1.54, 1.807) is 12.1 Å². The summed E-state index contributed by atoms with van der Waals surface area (Å²) in [6.45, 7) is 1.69. The molecule has 0 spiro atoms. The molecular formula is C22H23BrN2O4. The number of methoxy groups -OCH3 is 1. The highest BCUT2D eigenvalue weighted by molar-refractivity contribution is 9.10. The maximum atomic E-state index is 12.7. The zero-order chi connectivity index (χ0) is 20.5. The number of benzene rings is 2. The lowest BCUT2D eigenvalue weighted by Gasteiger charge is -2.59. The third-order valence-corrected chi connectivity index (χ3v) is 6.39. The summed E-state index contributed by atoms with van der Waals surface area (Å²) in [5.41, 5.74) is 2.69. The number of nitrogens with zero attached hydrogens (tertiary/aromatic N) is 2. The van der Waals surface area contributed by atoms with Gasteiger partial charge in [0.25, 0.3) is 0 Å². The number of ether oxygens (including phenoxy) is 1. The SMILES string of the molecule is COC(=O)c1ccc(CN2CC(=O)N3[C@H](CO)[C@@H](c4ccc(Br)cc4)[C@H]3C2)cc1. The molecule has 2 aromatic rings. The normalized spacial score (nSPS) is 24.0. The van der Waals surface area contributed by atoms with Crippen molar-refractivity contribution in [2.24, 2.45) is 0 Å². The molecule has 2 aromatic carbocycles. The van der Waals surface area contributed by atoms with Crippen LogP contribution in [0.25, 0.3) is 0 Å². The molecule has 1 amide bonds. The molecule has 152 valence electrons. The van der Waals surface area contributed by atoms with Crippen molar-refractivity contribution in [1.29, 1.82) is 0 Å². The number of carbonyl (C=O) groups is 2. The monoisotopic (exact) mass is 458 g/mol. The van der Waals surface area contributed by atoms with Crippen molar-refractivity contribution < 1.29 is 19.4 Å². The fraction of sp³-hybridized carbons (Fsp3) is 0.364. The Hall–Kier alpha value is -2.22. The molecule has 2 fully saturated rings. The van der Waals surface area contributed by atoms with E-state index in [2.05, 4.69) is 33.0 Å². The summed E-state index contributed by atoms with van der Waals surface area (Å²) >= 11 is 3.46. The number of esters is 1. The van der Waals surface area contributed by atoms with Crippen LogP contribution in [0.2, 0.25) is 0 Å². The van der Waals surface area contributed by atoms with Gasteiger partial charge in [0.15, 0.2) is 0 Å². The van der Waals surface area contributed by atoms with Crippen molar-refractivity contribution >= 4 is 27.8 Å². The highest BCUT2D eigenvalue weighted by atomic mass is 79.9. The smallest absolute Gasteiger partial charge is 0.337 e. The average Bonchev–Trinajstić information content (AvgIpc) is 2.71. The second-order valence-electron chi connectivity index (χ2n) is 7.55. The van der Waals surface area contributed by atoms with E-state index in [9.17, 15) is 14.7 Å². The predicted molar refractivity (Wildman–Crippen MR) is 111 cm³/mol. The lowest BCUT2D eigenvalue weighted by molar-refractivity contribution is -0.162. The number of aliphatic hydroxyl groups excluding tert-OH is 1. The molecule has 0 aromatic heterocycles. The maximum absolute atomic E-state index is 12.7. The van der Waals surface area contributed by atoms with Crippen molar-refractivity contribution in [2.75, 3.05) is 26.8 Å². The van der Waals surface area contributed by atoms with E-state index in [-0.39, 0.29) is 36.5 Å². The number of rotatable bonds is 5. The van der Waals surface area contributed by atoms with Gasteiger partial charge in [0.2, 0.25) is 5.91 Å². The second-order valence-corrected chi connectivity index (χ2v) is 8.47. The van der Waals surface area contributed by atoms with Crippen molar-refractivity contribution in [3.05, 3.63) is 69.7 Å². The molecule has 29 heavy (non-hydrogen) atoms. The highest BCUT2D eigenvalue weighted by Crippen LogP contribution is 2.43. The van der Waals surface area contributed by atoms with E-state index in [4.69, 9.17) is 4.74 Å². The summed E-state index contributed by atoms with van der Waals surface area (Å²) in [7, 11) is 1.36. The number of fused-ring (bicyclic) bond motifs is 1. The molecule has 0 saturated carbocycles. The van der Waals surface area contributed by atoms with E-state index in [0.717, 1.165) is 22.1 Å². The van der Waals surface area contributed by atoms with Gasteiger partial charge in [-0.2, -0.15) is 0 Å². The van der Waals surface area contributed by atoms with Crippen LogP contribution in [0.1, 0.15) is 27.4 Å². The van der Waals surface area contributed by atoms with Crippen LogP contribution < -0.4 is 0 Å². The molecule has 0 radical (unpaired) electrons. The topological polar surface area (TPSA) is 70.1 Å². The molecule has 0 unspecified atom stereocenters. The fourth-order valence-corrected chi connectivity index (χ4v) is 4.76. The largest absolute Gasteiger partial charge is 0.465 e. The molecule has 4 rings (SSSR count). The van der Waals surface area contributed by atoms with Crippen molar-refractivity contribution in [3.8, 4) is 0 Å². The Morgan fingerprint density at radius 3 is 2.48 bits per heavy atom. The summed E-state index contributed by atoms with van der Waals surface area (Å²) in [6, 6.07) is 15.3. The molecule has 3 atom stereocenters. The Kier molecular flexibility index (Phi) is 5.72. The van der Waals surface area contributed by atoms with Crippen LogP contribution in [0.5, 0.6) is 0 Å². The summed E-state index contributed by atoms with van der Waals surface area (Å²) in [5.74, 6) is -0.177. The molecule has 2 aliphatic rings. The van der Waals surface area contributed by atoms with Gasteiger partial charge in [-0.25, -0.2) is 4.79 Å². The van der Waals surface area contributed by atoms with E-state index < -0.39 is 0 Å². The van der Waals surface area contributed by atoms with E-state index in [1.807, 2.05) is 29.2 Å². The zero-order valence-corrected chi connectivity index (χ0v) is 17.7. The number of halogens is 1. The molecule has 7 heteroatoms. The van der Waals surface area contributed by atoms with E-state index in [0.29, 0.717) is 18.7 Å². The number of carbonyl (C=O) groups excluding carboxylic acids is 2. The van der Waals surface area contributed by atoms with Gasteiger partial charge in [0, 0.05) is 23.5 Å². The highest BCUT2D eigenvalue weighted by Gasteiger charge is 2.53. The average molecular weight is 459 g/mol. The number of amides is 1. The molecule has 2 saturated heterocycles. The zero-order valence-electron chi connectivity index (χ0n) is 16.1. The Morgan fingerprint density at radius 1 is 1.17 bits per heavy atom. The summed E-state index contributed by atoms with van der Waals surface area (Å²) in [5, 5.41) is 9.87. The lowest BCUT2D eigenvalue weighted by Crippen LogP contribution is -2.72. The maximum Gasteiger partial charge on any atom is 0.337 e. The lowest BCUT2D eigenvalue weighted by atomic mass is 9.74. The van der Waals surface area contributed by atoms with Crippen LogP contribution in [-0.2, 0) is 16.1 Å². The van der Waals surface area contributed by atoms with Crippen molar-refractivity contribution in [1.82, 2.24) is 9.80 Å². The van der Waals surface area contributed by atoms with Gasteiger partial charge < -0.3 is 14.7 Å². The van der Waals surface area contributed by atoms with Crippen LogP contribution in [0, 0.1) is 0 Å². The van der Waals surface area contributed by atoms with Gasteiger partial charge in [-0.15, -0.1) is 0 Å². The van der Waals surface area contributed by atoms with Crippen LogP contribution in [-0.4, -0.2) is 65.7 Å². The first kappa shape index (κ1) is 20.1. The Bertz CT molecular complexity index is 900. The third-order valence-electron chi connectivity index (χ3n) is 5.86. The van der Waals surface area contributed by atoms with Gasteiger partial charge in [0.1, 0.15) is 0 Å². The molecule has 0 aliphatic carbocycles. The van der Waals surface area contributed by atoms with Crippen LogP contribution in [0.15, 0.2) is 53.0 Å². The molecular weight excluding hydrogens is 436 g/mol. The first-order valence-electron chi connectivity index (χ1n) is 9.59.